The van der Waals surface area contributed by atoms with Gasteiger partial charge in [-0.2, -0.15) is 0 Å². The average Bonchev–Trinajstić information content (AvgIpc) is 2.76. The number of carbonyl (C=O) groups excluding carboxylic acids is 1. The molecule has 6 heteroatoms. The molecule has 1 unspecified atom stereocenters. The molecule has 0 aliphatic carbocycles. The quantitative estimate of drug-likeness (QED) is 0.876. The second-order valence-corrected chi connectivity index (χ2v) is 6.63. The van der Waals surface area contributed by atoms with E-state index in [4.69, 9.17) is 4.74 Å². The highest BCUT2D eigenvalue weighted by Crippen LogP contribution is 2.27. The Hall–Kier alpha value is -1.14. The zero-order valence-electron chi connectivity index (χ0n) is 11.7. The van der Waals surface area contributed by atoms with Crippen LogP contribution >= 0.6 is 11.3 Å². The van der Waals surface area contributed by atoms with Gasteiger partial charge in [0.15, 0.2) is 0 Å². The molecule has 2 N–H and O–H groups in total. The number of aromatic nitrogens is 1. The molecule has 0 saturated carbocycles. The van der Waals surface area contributed by atoms with Crippen molar-refractivity contribution in [2.45, 2.75) is 45.1 Å². The van der Waals surface area contributed by atoms with E-state index in [1.807, 2.05) is 26.2 Å². The van der Waals surface area contributed by atoms with Gasteiger partial charge in [-0.15, -0.1) is 11.3 Å². The van der Waals surface area contributed by atoms with Crippen LogP contribution in [0.4, 0.5) is 10.6 Å². The maximum Gasteiger partial charge on any atom is 0.413 e. The fourth-order valence-electron chi connectivity index (χ4n) is 2.00. The molecule has 1 amide bonds. The van der Waals surface area contributed by atoms with Crippen molar-refractivity contribution in [3.63, 3.8) is 0 Å². The zero-order chi connectivity index (χ0) is 13.9. The molecule has 2 heterocycles. The number of ether oxygens (including phenoxy) is 1. The van der Waals surface area contributed by atoms with Crippen LogP contribution in [0.2, 0.25) is 0 Å². The molecule has 1 saturated heterocycles. The average molecular weight is 283 g/mol. The van der Waals surface area contributed by atoms with Crippen LogP contribution in [0.25, 0.3) is 0 Å². The van der Waals surface area contributed by atoms with Crippen molar-refractivity contribution >= 4 is 23.2 Å². The van der Waals surface area contributed by atoms with Gasteiger partial charge >= 0.3 is 6.09 Å². The second kappa shape index (κ2) is 5.88. The minimum atomic E-state index is -0.490. The summed E-state index contributed by atoms with van der Waals surface area (Å²) in [6.07, 6.45) is 1.89. The molecule has 1 aliphatic heterocycles. The third-order valence-corrected chi connectivity index (χ3v) is 3.80. The molecule has 1 aromatic heterocycles. The number of piperidine rings is 1. The summed E-state index contributed by atoms with van der Waals surface area (Å²) in [4.78, 5) is 16.1. The van der Waals surface area contributed by atoms with Crippen molar-refractivity contribution in [1.29, 1.82) is 0 Å². The van der Waals surface area contributed by atoms with E-state index in [0.717, 1.165) is 24.5 Å². The number of nitrogens with one attached hydrogen (secondary N) is 2. The normalized spacial score (nSPS) is 20.1. The van der Waals surface area contributed by atoms with Crippen LogP contribution in [0.1, 0.15) is 44.5 Å². The van der Waals surface area contributed by atoms with Gasteiger partial charge in [0.2, 0.25) is 0 Å². The number of amides is 1. The molecule has 1 aromatic rings. The van der Waals surface area contributed by atoms with Gasteiger partial charge in [0.1, 0.15) is 11.4 Å². The predicted octanol–water partition coefficient (Wildman–Crippen LogP) is 2.96. The number of anilines is 1. The van der Waals surface area contributed by atoms with Gasteiger partial charge in [-0.05, 0) is 40.2 Å². The van der Waals surface area contributed by atoms with Crippen molar-refractivity contribution in [3.8, 4) is 0 Å². The van der Waals surface area contributed by atoms with E-state index >= 15 is 0 Å². The molecule has 1 aliphatic rings. The van der Waals surface area contributed by atoms with Gasteiger partial charge in [-0.1, -0.05) is 0 Å². The second-order valence-electron chi connectivity index (χ2n) is 5.74. The summed E-state index contributed by atoms with van der Waals surface area (Å²) >= 11 is 1.59. The highest BCUT2D eigenvalue weighted by molar-refractivity contribution is 7.10. The van der Waals surface area contributed by atoms with Crippen LogP contribution in [0.5, 0.6) is 0 Å². The zero-order valence-corrected chi connectivity index (χ0v) is 12.5. The molecule has 0 radical (unpaired) electrons. The van der Waals surface area contributed by atoms with Gasteiger partial charge in [0, 0.05) is 17.8 Å². The Bertz CT molecular complexity index is 433. The highest BCUT2D eigenvalue weighted by atomic mass is 32.1. The summed E-state index contributed by atoms with van der Waals surface area (Å²) in [6.45, 7) is 7.58. The predicted molar refractivity (Wildman–Crippen MR) is 76.8 cm³/mol. The maximum absolute atomic E-state index is 11.6. The van der Waals surface area contributed by atoms with Crippen molar-refractivity contribution in [2.75, 3.05) is 18.4 Å². The van der Waals surface area contributed by atoms with Gasteiger partial charge in [-0.25, -0.2) is 9.78 Å². The first-order chi connectivity index (χ1) is 8.94. The number of hydrogen-bond acceptors (Lipinski definition) is 5. The number of hydrogen-bond donors (Lipinski definition) is 2. The van der Waals surface area contributed by atoms with Crippen molar-refractivity contribution in [3.05, 3.63) is 10.4 Å². The number of carbonyl (C=O) groups is 1. The van der Waals surface area contributed by atoms with Gasteiger partial charge in [0.05, 0.1) is 5.01 Å². The lowest BCUT2D eigenvalue weighted by molar-refractivity contribution is 0.0635. The summed E-state index contributed by atoms with van der Waals surface area (Å²) in [5, 5.41) is 9.00. The molecule has 0 bridgehead atoms. The molecule has 2 rings (SSSR count). The van der Waals surface area contributed by atoms with E-state index in [9.17, 15) is 4.79 Å². The minimum absolute atomic E-state index is 0.453. The molecule has 5 nitrogen and oxygen atoms in total. The summed E-state index contributed by atoms with van der Waals surface area (Å²) in [5.41, 5.74) is -0.490. The van der Waals surface area contributed by atoms with Crippen LogP contribution in [0.3, 0.4) is 0 Å². The van der Waals surface area contributed by atoms with Crippen LogP contribution in [-0.2, 0) is 4.74 Å². The lowest BCUT2D eigenvalue weighted by Gasteiger charge is -2.20. The Morgan fingerprint density at radius 1 is 1.58 bits per heavy atom. The summed E-state index contributed by atoms with van der Waals surface area (Å²) in [6, 6.07) is 0. The fourth-order valence-corrected chi connectivity index (χ4v) is 2.89. The molecular formula is C13H21N3O2S. The lowest BCUT2D eigenvalue weighted by atomic mass is 10.0. The highest BCUT2D eigenvalue weighted by Gasteiger charge is 2.20. The number of rotatable bonds is 2. The Labute approximate surface area is 117 Å². The van der Waals surface area contributed by atoms with Gasteiger partial charge in [0.25, 0.3) is 0 Å². The van der Waals surface area contributed by atoms with Gasteiger partial charge < -0.3 is 10.1 Å². The van der Waals surface area contributed by atoms with Crippen LogP contribution in [0.15, 0.2) is 5.38 Å². The first-order valence-electron chi connectivity index (χ1n) is 6.60. The standard InChI is InChI=1S/C13H21N3O2S/c1-13(2,3)18-12(17)16-10-8-19-11(15-10)9-5-4-6-14-7-9/h8-9,14H,4-7H2,1-3H3,(H,16,17). The molecular weight excluding hydrogens is 262 g/mol. The Balaban J connectivity index is 1.91. The van der Waals surface area contributed by atoms with E-state index in [1.54, 1.807) is 11.3 Å². The minimum Gasteiger partial charge on any atom is -0.444 e. The van der Waals surface area contributed by atoms with E-state index in [-0.39, 0.29) is 0 Å². The first kappa shape index (κ1) is 14.3. The van der Waals surface area contributed by atoms with Crippen LogP contribution < -0.4 is 10.6 Å². The molecule has 1 fully saturated rings. The van der Waals surface area contributed by atoms with E-state index in [1.165, 1.54) is 6.42 Å². The Morgan fingerprint density at radius 2 is 2.37 bits per heavy atom. The summed E-state index contributed by atoms with van der Waals surface area (Å²) in [5.74, 6) is 1.05. The van der Waals surface area contributed by atoms with Crippen molar-refractivity contribution < 1.29 is 9.53 Å². The fraction of sp³-hybridized carbons (Fsp3) is 0.692. The summed E-state index contributed by atoms with van der Waals surface area (Å²) in [7, 11) is 0. The molecule has 19 heavy (non-hydrogen) atoms. The SMILES string of the molecule is CC(C)(C)OC(=O)Nc1csc(C2CCCNC2)n1. The third kappa shape index (κ3) is 4.47. The van der Waals surface area contributed by atoms with E-state index < -0.39 is 11.7 Å². The van der Waals surface area contributed by atoms with E-state index in [2.05, 4.69) is 15.6 Å². The summed E-state index contributed by atoms with van der Waals surface area (Å²) < 4.78 is 5.20. The van der Waals surface area contributed by atoms with Crippen molar-refractivity contribution in [2.24, 2.45) is 0 Å². The maximum atomic E-state index is 11.6. The molecule has 1 atom stereocenters. The first-order valence-corrected chi connectivity index (χ1v) is 7.48. The van der Waals surface area contributed by atoms with Crippen LogP contribution in [-0.4, -0.2) is 29.8 Å². The van der Waals surface area contributed by atoms with Gasteiger partial charge in [-0.3, -0.25) is 5.32 Å². The largest absolute Gasteiger partial charge is 0.444 e. The topological polar surface area (TPSA) is 63.2 Å². The van der Waals surface area contributed by atoms with Crippen LogP contribution in [0, 0.1) is 0 Å². The third-order valence-electron chi connectivity index (χ3n) is 2.80. The molecule has 106 valence electrons. The Kier molecular flexibility index (Phi) is 4.42. The monoisotopic (exact) mass is 283 g/mol. The molecule has 0 spiro atoms. The smallest absolute Gasteiger partial charge is 0.413 e. The van der Waals surface area contributed by atoms with Crippen molar-refractivity contribution in [1.82, 2.24) is 10.3 Å². The number of nitrogens with zero attached hydrogens (tertiary/aromatic N) is 1. The number of thiazole rings is 1. The Morgan fingerprint density at radius 3 is 3.00 bits per heavy atom. The van der Waals surface area contributed by atoms with E-state index in [0.29, 0.717) is 11.7 Å². The molecule has 0 aromatic carbocycles. The lowest BCUT2D eigenvalue weighted by Crippen LogP contribution is -2.28.